The molecule has 1 fully saturated rings. The smallest absolute Gasteiger partial charge is 0.241 e. The fraction of sp³-hybridized carbons (Fsp3) is 0.409. The third-order valence-electron chi connectivity index (χ3n) is 5.67. The summed E-state index contributed by atoms with van der Waals surface area (Å²) in [6.07, 6.45) is 3.59. The van der Waals surface area contributed by atoms with Crippen LogP contribution in [-0.2, 0) is 27.7 Å². The van der Waals surface area contributed by atoms with Gasteiger partial charge in [-0.05, 0) is 67.5 Å². The highest BCUT2D eigenvalue weighted by Gasteiger charge is 2.36. The Morgan fingerprint density at radius 3 is 2.54 bits per heavy atom. The predicted octanol–water partition coefficient (Wildman–Crippen LogP) is 3.59. The SMILES string of the molecule is CCc1ccc(C(C)NS(=O)(=O)c2ccc3c(c2)CCN3C(=O)C2CC2)cc1. The fourth-order valence-electron chi connectivity index (χ4n) is 3.74. The number of carbonyl (C=O) groups excluding carboxylic acids is 1. The Morgan fingerprint density at radius 1 is 1.18 bits per heavy atom. The number of hydrogen-bond donors (Lipinski definition) is 1. The number of sulfonamides is 1. The Morgan fingerprint density at radius 2 is 1.89 bits per heavy atom. The number of nitrogens with one attached hydrogen (secondary N) is 1. The minimum atomic E-state index is -3.64. The lowest BCUT2D eigenvalue weighted by Crippen LogP contribution is -2.30. The first-order chi connectivity index (χ1) is 13.4. The van der Waals surface area contributed by atoms with Crippen molar-refractivity contribution in [3.63, 3.8) is 0 Å². The number of anilines is 1. The van der Waals surface area contributed by atoms with Gasteiger partial charge in [0, 0.05) is 24.2 Å². The molecule has 0 aromatic heterocycles. The number of benzene rings is 2. The number of aryl methyl sites for hydroxylation is 1. The molecule has 1 N–H and O–H groups in total. The van der Waals surface area contributed by atoms with Crippen LogP contribution in [0.25, 0.3) is 0 Å². The molecule has 6 heteroatoms. The number of nitrogens with zero attached hydrogens (tertiary/aromatic N) is 1. The second kappa shape index (κ2) is 7.33. The van der Waals surface area contributed by atoms with Gasteiger partial charge in [-0.15, -0.1) is 0 Å². The second-order valence-corrected chi connectivity index (χ2v) is 9.46. The summed E-state index contributed by atoms with van der Waals surface area (Å²) in [5, 5.41) is 0. The molecule has 5 nitrogen and oxygen atoms in total. The molecule has 1 aliphatic carbocycles. The maximum Gasteiger partial charge on any atom is 0.241 e. The maximum atomic E-state index is 12.9. The average Bonchev–Trinajstić information content (AvgIpc) is 3.46. The molecule has 1 saturated carbocycles. The molecule has 28 heavy (non-hydrogen) atoms. The van der Waals surface area contributed by atoms with Gasteiger partial charge in [0.2, 0.25) is 15.9 Å². The summed E-state index contributed by atoms with van der Waals surface area (Å²) >= 11 is 0. The molecule has 1 amide bonds. The largest absolute Gasteiger partial charge is 0.312 e. The Bertz CT molecular complexity index is 995. The van der Waals surface area contributed by atoms with Crippen LogP contribution in [-0.4, -0.2) is 20.9 Å². The average molecular weight is 399 g/mol. The van der Waals surface area contributed by atoms with Gasteiger partial charge in [0.1, 0.15) is 0 Å². The first kappa shape index (κ1) is 19.2. The summed E-state index contributed by atoms with van der Waals surface area (Å²) in [5.41, 5.74) is 3.95. The van der Waals surface area contributed by atoms with Gasteiger partial charge in [-0.25, -0.2) is 13.1 Å². The number of fused-ring (bicyclic) bond motifs is 1. The molecule has 2 aromatic carbocycles. The summed E-state index contributed by atoms with van der Waals surface area (Å²) in [7, 11) is -3.64. The van der Waals surface area contributed by atoms with E-state index in [1.165, 1.54) is 5.56 Å². The van der Waals surface area contributed by atoms with E-state index in [-0.39, 0.29) is 22.8 Å². The molecule has 0 bridgehead atoms. The molecule has 4 rings (SSSR count). The van der Waals surface area contributed by atoms with Crippen LogP contribution in [0.4, 0.5) is 5.69 Å². The fourth-order valence-corrected chi connectivity index (χ4v) is 5.02. The van der Waals surface area contributed by atoms with Crippen LogP contribution in [0.1, 0.15) is 49.4 Å². The molecule has 0 spiro atoms. The minimum Gasteiger partial charge on any atom is -0.312 e. The quantitative estimate of drug-likeness (QED) is 0.809. The van der Waals surface area contributed by atoms with Gasteiger partial charge in [-0.2, -0.15) is 0 Å². The molecule has 0 radical (unpaired) electrons. The molecular weight excluding hydrogens is 372 g/mol. The molecular formula is C22H26N2O3S. The van der Waals surface area contributed by atoms with Gasteiger partial charge in [-0.1, -0.05) is 31.2 Å². The number of rotatable bonds is 6. The summed E-state index contributed by atoms with van der Waals surface area (Å²) in [5.74, 6) is 0.340. The van der Waals surface area contributed by atoms with Crippen molar-refractivity contribution in [3.05, 3.63) is 59.2 Å². The van der Waals surface area contributed by atoms with E-state index >= 15 is 0 Å². The number of hydrogen-bond acceptors (Lipinski definition) is 3. The van der Waals surface area contributed by atoms with Crippen LogP contribution in [0.3, 0.4) is 0 Å². The zero-order valence-corrected chi connectivity index (χ0v) is 17.1. The van der Waals surface area contributed by atoms with E-state index < -0.39 is 10.0 Å². The number of amides is 1. The monoisotopic (exact) mass is 398 g/mol. The van der Waals surface area contributed by atoms with Crippen LogP contribution in [0.5, 0.6) is 0 Å². The molecule has 148 valence electrons. The lowest BCUT2D eigenvalue weighted by molar-refractivity contribution is -0.119. The van der Waals surface area contributed by atoms with E-state index in [2.05, 4.69) is 11.6 Å². The minimum absolute atomic E-state index is 0.163. The second-order valence-electron chi connectivity index (χ2n) is 7.74. The number of carbonyl (C=O) groups is 1. The molecule has 2 aliphatic rings. The highest BCUT2D eigenvalue weighted by atomic mass is 32.2. The van der Waals surface area contributed by atoms with Crippen molar-refractivity contribution in [1.29, 1.82) is 0 Å². The molecule has 0 saturated heterocycles. The lowest BCUT2D eigenvalue weighted by Gasteiger charge is -2.18. The van der Waals surface area contributed by atoms with E-state index in [0.29, 0.717) is 13.0 Å². The van der Waals surface area contributed by atoms with Crippen LogP contribution in [0, 0.1) is 5.92 Å². The highest BCUT2D eigenvalue weighted by Crippen LogP contribution is 2.37. The van der Waals surface area contributed by atoms with E-state index in [1.807, 2.05) is 36.1 Å². The van der Waals surface area contributed by atoms with E-state index in [0.717, 1.165) is 36.1 Å². The topological polar surface area (TPSA) is 66.5 Å². The first-order valence-corrected chi connectivity index (χ1v) is 11.4. The van der Waals surface area contributed by atoms with Crippen LogP contribution in [0.2, 0.25) is 0 Å². The Balaban J connectivity index is 1.52. The zero-order chi connectivity index (χ0) is 19.9. The zero-order valence-electron chi connectivity index (χ0n) is 16.3. The van der Waals surface area contributed by atoms with Crippen LogP contribution < -0.4 is 9.62 Å². The lowest BCUT2D eigenvalue weighted by atomic mass is 10.1. The summed E-state index contributed by atoms with van der Waals surface area (Å²) in [6.45, 7) is 4.58. The Hall–Kier alpha value is -2.18. The van der Waals surface area contributed by atoms with Gasteiger partial charge in [-0.3, -0.25) is 4.79 Å². The van der Waals surface area contributed by atoms with E-state index in [4.69, 9.17) is 0 Å². The van der Waals surface area contributed by atoms with E-state index in [9.17, 15) is 13.2 Å². The summed E-state index contributed by atoms with van der Waals surface area (Å²) in [6, 6.07) is 12.8. The predicted molar refractivity (Wildman–Crippen MR) is 110 cm³/mol. The first-order valence-electron chi connectivity index (χ1n) is 9.94. The molecule has 1 unspecified atom stereocenters. The van der Waals surface area contributed by atoms with E-state index in [1.54, 1.807) is 18.2 Å². The molecule has 1 heterocycles. The van der Waals surface area contributed by atoms with Crippen LogP contribution >= 0.6 is 0 Å². The van der Waals surface area contributed by atoms with Crippen LogP contribution in [0.15, 0.2) is 47.4 Å². The summed E-state index contributed by atoms with van der Waals surface area (Å²) in [4.78, 5) is 14.5. The molecule has 1 atom stereocenters. The third-order valence-corrected chi connectivity index (χ3v) is 7.21. The Kier molecular flexibility index (Phi) is 5.02. The molecule has 1 aliphatic heterocycles. The van der Waals surface area contributed by atoms with Gasteiger partial charge >= 0.3 is 0 Å². The standard InChI is InChI=1S/C22H26N2O3S/c1-3-16-4-6-17(7-5-16)15(2)23-28(26,27)20-10-11-21-19(14-20)12-13-24(21)22(25)18-8-9-18/h4-7,10-11,14-15,18,23H,3,8-9,12-13H2,1-2H3. The summed E-state index contributed by atoms with van der Waals surface area (Å²) < 4.78 is 28.5. The normalized spacial score (nSPS) is 17.4. The Labute approximate surface area is 166 Å². The van der Waals surface area contributed by atoms with Crippen molar-refractivity contribution in [2.45, 2.75) is 50.5 Å². The van der Waals surface area contributed by atoms with Crippen molar-refractivity contribution < 1.29 is 13.2 Å². The maximum absolute atomic E-state index is 12.9. The van der Waals surface area contributed by atoms with Crippen molar-refractivity contribution in [2.75, 3.05) is 11.4 Å². The third kappa shape index (κ3) is 3.71. The van der Waals surface area contributed by atoms with Crippen molar-refractivity contribution in [1.82, 2.24) is 4.72 Å². The highest BCUT2D eigenvalue weighted by molar-refractivity contribution is 7.89. The van der Waals surface area contributed by atoms with Crippen molar-refractivity contribution in [3.8, 4) is 0 Å². The van der Waals surface area contributed by atoms with Gasteiger partial charge < -0.3 is 4.90 Å². The molecule has 2 aromatic rings. The van der Waals surface area contributed by atoms with Gasteiger partial charge in [0.15, 0.2) is 0 Å². The van der Waals surface area contributed by atoms with Crippen molar-refractivity contribution >= 4 is 21.6 Å². The van der Waals surface area contributed by atoms with Gasteiger partial charge in [0.05, 0.1) is 4.90 Å². The van der Waals surface area contributed by atoms with Crippen molar-refractivity contribution in [2.24, 2.45) is 5.92 Å². The van der Waals surface area contributed by atoms with Gasteiger partial charge in [0.25, 0.3) is 0 Å².